The van der Waals surface area contributed by atoms with E-state index < -0.39 is 17.8 Å². The number of hydrogen-bond donors (Lipinski definition) is 1. The van der Waals surface area contributed by atoms with Gasteiger partial charge in [-0.15, -0.1) is 0 Å². The van der Waals surface area contributed by atoms with E-state index >= 15 is 0 Å². The van der Waals surface area contributed by atoms with Crippen molar-refractivity contribution in [3.63, 3.8) is 0 Å². The predicted octanol–water partition coefficient (Wildman–Crippen LogP) is 4.39. The maximum absolute atomic E-state index is 13.8. The van der Waals surface area contributed by atoms with E-state index in [1.807, 2.05) is 13.0 Å². The summed E-state index contributed by atoms with van der Waals surface area (Å²) in [5, 5.41) is 2.55. The summed E-state index contributed by atoms with van der Waals surface area (Å²) >= 11 is 3.17. The van der Waals surface area contributed by atoms with E-state index in [2.05, 4.69) is 21.2 Å². The quantitative estimate of drug-likeness (QED) is 0.806. The molecular formula is C17H17BrFNO3. The van der Waals surface area contributed by atoms with E-state index in [-0.39, 0.29) is 5.69 Å². The van der Waals surface area contributed by atoms with Gasteiger partial charge < -0.3 is 14.8 Å². The predicted molar refractivity (Wildman–Crippen MR) is 90.4 cm³/mol. The van der Waals surface area contributed by atoms with Crippen molar-refractivity contribution in [2.24, 2.45) is 0 Å². The zero-order valence-corrected chi connectivity index (χ0v) is 14.4. The molecule has 0 bridgehead atoms. The van der Waals surface area contributed by atoms with Crippen molar-refractivity contribution in [2.45, 2.75) is 19.4 Å². The molecule has 1 N–H and O–H groups in total. The SMILES string of the molecule is CC[C@H](Oc1ccccc1OC)C(=O)Nc1ccc(Br)cc1F. The van der Waals surface area contributed by atoms with E-state index in [1.165, 1.54) is 19.2 Å². The Morgan fingerprint density at radius 3 is 2.57 bits per heavy atom. The summed E-state index contributed by atoms with van der Waals surface area (Å²) in [5.74, 6) is 0.0707. The molecule has 0 saturated heterocycles. The summed E-state index contributed by atoms with van der Waals surface area (Å²) in [6.45, 7) is 1.82. The van der Waals surface area contributed by atoms with E-state index in [1.54, 1.807) is 24.3 Å². The van der Waals surface area contributed by atoms with Crippen LogP contribution in [0.2, 0.25) is 0 Å². The Hall–Kier alpha value is -2.08. The van der Waals surface area contributed by atoms with Gasteiger partial charge >= 0.3 is 0 Å². The number of anilines is 1. The third-order valence-electron chi connectivity index (χ3n) is 3.19. The van der Waals surface area contributed by atoms with Crippen LogP contribution in [0.4, 0.5) is 10.1 Å². The van der Waals surface area contributed by atoms with E-state index in [0.29, 0.717) is 22.4 Å². The number of rotatable bonds is 6. The number of para-hydroxylation sites is 2. The average molecular weight is 382 g/mol. The fourth-order valence-corrected chi connectivity index (χ4v) is 2.33. The zero-order chi connectivity index (χ0) is 16.8. The van der Waals surface area contributed by atoms with Gasteiger partial charge in [0.05, 0.1) is 12.8 Å². The molecule has 122 valence electrons. The Morgan fingerprint density at radius 2 is 1.96 bits per heavy atom. The number of amides is 1. The summed E-state index contributed by atoms with van der Waals surface area (Å²) in [6.07, 6.45) is -0.323. The minimum atomic E-state index is -0.755. The van der Waals surface area contributed by atoms with Gasteiger partial charge in [0, 0.05) is 4.47 Å². The van der Waals surface area contributed by atoms with Crippen LogP contribution in [0, 0.1) is 5.82 Å². The lowest BCUT2D eigenvalue weighted by Crippen LogP contribution is -2.32. The summed E-state index contributed by atoms with van der Waals surface area (Å²) < 4.78 is 25.3. The number of hydrogen-bond acceptors (Lipinski definition) is 3. The molecule has 2 aromatic rings. The molecule has 0 fully saturated rings. The Bertz CT molecular complexity index is 693. The molecule has 23 heavy (non-hydrogen) atoms. The largest absolute Gasteiger partial charge is 0.493 e. The van der Waals surface area contributed by atoms with Crippen LogP contribution >= 0.6 is 15.9 Å². The van der Waals surface area contributed by atoms with Crippen LogP contribution in [0.5, 0.6) is 11.5 Å². The van der Waals surface area contributed by atoms with Crippen molar-refractivity contribution < 1.29 is 18.7 Å². The number of halogens is 2. The van der Waals surface area contributed by atoms with Crippen LogP contribution in [-0.4, -0.2) is 19.1 Å². The van der Waals surface area contributed by atoms with Crippen molar-refractivity contribution in [1.82, 2.24) is 0 Å². The summed E-state index contributed by atoms with van der Waals surface area (Å²) in [6, 6.07) is 11.5. The number of carbonyl (C=O) groups is 1. The Kier molecular flexibility index (Phi) is 5.98. The maximum Gasteiger partial charge on any atom is 0.265 e. The van der Waals surface area contributed by atoms with Crippen molar-refractivity contribution in [1.29, 1.82) is 0 Å². The molecular weight excluding hydrogens is 365 g/mol. The molecule has 0 heterocycles. The second kappa shape index (κ2) is 7.97. The minimum absolute atomic E-state index is 0.111. The Morgan fingerprint density at radius 1 is 1.26 bits per heavy atom. The molecule has 2 aromatic carbocycles. The van der Waals surface area contributed by atoms with Gasteiger partial charge in [-0.3, -0.25) is 4.79 Å². The van der Waals surface area contributed by atoms with Gasteiger partial charge in [-0.1, -0.05) is 35.0 Å². The average Bonchev–Trinajstić information content (AvgIpc) is 2.55. The molecule has 2 rings (SSSR count). The molecule has 0 radical (unpaired) electrons. The van der Waals surface area contributed by atoms with Gasteiger partial charge in [-0.25, -0.2) is 4.39 Å². The van der Waals surface area contributed by atoms with Crippen molar-refractivity contribution in [3.8, 4) is 11.5 Å². The van der Waals surface area contributed by atoms with Crippen LogP contribution in [0.25, 0.3) is 0 Å². The van der Waals surface area contributed by atoms with E-state index in [0.717, 1.165) is 0 Å². The highest BCUT2D eigenvalue weighted by atomic mass is 79.9. The standard InChI is InChI=1S/C17H17BrFNO3/c1-3-14(23-16-7-5-4-6-15(16)22-2)17(21)20-13-9-8-11(18)10-12(13)19/h4-10,14H,3H2,1-2H3,(H,20,21)/t14-/m0/s1. The number of nitrogens with one attached hydrogen (secondary N) is 1. The first kappa shape index (κ1) is 17.3. The molecule has 1 atom stereocenters. The summed E-state index contributed by atoms with van der Waals surface area (Å²) in [4.78, 5) is 12.3. The van der Waals surface area contributed by atoms with E-state index in [4.69, 9.17) is 9.47 Å². The van der Waals surface area contributed by atoms with E-state index in [9.17, 15) is 9.18 Å². The van der Waals surface area contributed by atoms with Gasteiger partial charge in [-0.05, 0) is 36.8 Å². The third kappa shape index (κ3) is 4.45. The van der Waals surface area contributed by atoms with Crippen molar-refractivity contribution in [2.75, 3.05) is 12.4 Å². The summed E-state index contributed by atoms with van der Waals surface area (Å²) in [5.41, 5.74) is 0.111. The zero-order valence-electron chi connectivity index (χ0n) is 12.8. The molecule has 4 nitrogen and oxygen atoms in total. The molecule has 0 saturated carbocycles. The molecule has 0 aliphatic carbocycles. The van der Waals surface area contributed by atoms with Crippen LogP contribution in [0.3, 0.4) is 0 Å². The second-order valence-corrected chi connectivity index (χ2v) is 5.69. The highest BCUT2D eigenvalue weighted by Gasteiger charge is 2.21. The van der Waals surface area contributed by atoms with Gasteiger partial charge in [0.1, 0.15) is 5.82 Å². The smallest absolute Gasteiger partial charge is 0.265 e. The lowest BCUT2D eigenvalue weighted by atomic mass is 10.2. The van der Waals surface area contributed by atoms with Crippen LogP contribution in [0.15, 0.2) is 46.9 Å². The lowest BCUT2D eigenvalue weighted by Gasteiger charge is -2.19. The second-order valence-electron chi connectivity index (χ2n) is 4.78. The van der Waals surface area contributed by atoms with Gasteiger partial charge in [0.15, 0.2) is 17.6 Å². The van der Waals surface area contributed by atoms with Crippen LogP contribution < -0.4 is 14.8 Å². The minimum Gasteiger partial charge on any atom is -0.493 e. The first-order valence-electron chi connectivity index (χ1n) is 7.10. The van der Waals surface area contributed by atoms with Crippen molar-refractivity contribution >= 4 is 27.5 Å². The fraction of sp³-hybridized carbons (Fsp3) is 0.235. The molecule has 0 aromatic heterocycles. The van der Waals surface area contributed by atoms with Crippen molar-refractivity contribution in [3.05, 3.63) is 52.8 Å². The normalized spacial score (nSPS) is 11.7. The molecule has 0 unspecified atom stereocenters. The number of carbonyl (C=O) groups excluding carboxylic acids is 1. The molecule has 0 aliphatic heterocycles. The Labute approximate surface area is 142 Å². The molecule has 0 spiro atoms. The van der Waals surface area contributed by atoms with Crippen LogP contribution in [-0.2, 0) is 4.79 Å². The first-order valence-corrected chi connectivity index (χ1v) is 7.90. The summed E-state index contributed by atoms with van der Waals surface area (Å²) in [7, 11) is 1.53. The third-order valence-corrected chi connectivity index (χ3v) is 3.68. The molecule has 6 heteroatoms. The fourth-order valence-electron chi connectivity index (χ4n) is 2.00. The monoisotopic (exact) mass is 381 g/mol. The maximum atomic E-state index is 13.8. The highest BCUT2D eigenvalue weighted by Crippen LogP contribution is 2.28. The first-order chi connectivity index (χ1) is 11.0. The Balaban J connectivity index is 2.12. The molecule has 1 amide bonds. The van der Waals surface area contributed by atoms with Crippen LogP contribution in [0.1, 0.15) is 13.3 Å². The number of methoxy groups -OCH3 is 1. The number of ether oxygens (including phenoxy) is 2. The highest BCUT2D eigenvalue weighted by molar-refractivity contribution is 9.10. The van der Waals surface area contributed by atoms with Gasteiger partial charge in [0.25, 0.3) is 5.91 Å². The van der Waals surface area contributed by atoms with Gasteiger partial charge in [0.2, 0.25) is 0 Å². The topological polar surface area (TPSA) is 47.6 Å². The lowest BCUT2D eigenvalue weighted by molar-refractivity contribution is -0.122. The molecule has 0 aliphatic rings. The number of benzene rings is 2. The van der Waals surface area contributed by atoms with Gasteiger partial charge in [-0.2, -0.15) is 0 Å².